The summed E-state index contributed by atoms with van der Waals surface area (Å²) in [5.74, 6) is 0.472. The van der Waals surface area contributed by atoms with Crippen molar-refractivity contribution in [1.29, 1.82) is 0 Å². The SMILES string of the molecule is O=C(CSc1ncnc2c1cnn2-c1ccccc1)N(C1CCCCC1)[C@H]1CCS(=O)(=O)C1. The molecule has 8 nitrogen and oxygen atoms in total. The van der Waals surface area contributed by atoms with Crippen molar-refractivity contribution in [1.82, 2.24) is 24.6 Å². The van der Waals surface area contributed by atoms with Gasteiger partial charge in [0.2, 0.25) is 5.91 Å². The Labute approximate surface area is 197 Å². The van der Waals surface area contributed by atoms with Gasteiger partial charge in [0.25, 0.3) is 0 Å². The predicted molar refractivity (Wildman–Crippen MR) is 128 cm³/mol. The third-order valence-corrected chi connectivity index (χ3v) is 9.26. The van der Waals surface area contributed by atoms with Crippen LogP contribution < -0.4 is 0 Å². The van der Waals surface area contributed by atoms with Crippen molar-refractivity contribution in [3.63, 3.8) is 0 Å². The van der Waals surface area contributed by atoms with Crippen LogP contribution in [-0.2, 0) is 14.6 Å². The summed E-state index contributed by atoms with van der Waals surface area (Å²) in [5.41, 5.74) is 1.60. The molecule has 1 saturated heterocycles. The molecule has 0 radical (unpaired) electrons. The van der Waals surface area contributed by atoms with Gasteiger partial charge in [-0.05, 0) is 31.4 Å². The summed E-state index contributed by atoms with van der Waals surface area (Å²) in [6, 6.07) is 9.69. The van der Waals surface area contributed by atoms with Crippen LogP contribution in [0.5, 0.6) is 0 Å². The molecule has 3 aromatic rings. The molecule has 1 aliphatic carbocycles. The van der Waals surface area contributed by atoms with Crippen molar-refractivity contribution >= 4 is 38.5 Å². The summed E-state index contributed by atoms with van der Waals surface area (Å²) in [6.45, 7) is 0. The Bertz CT molecular complexity index is 1240. The van der Waals surface area contributed by atoms with Gasteiger partial charge in [-0.1, -0.05) is 49.2 Å². The summed E-state index contributed by atoms with van der Waals surface area (Å²) in [4.78, 5) is 24.1. The number of nitrogens with zero attached hydrogens (tertiary/aromatic N) is 5. The lowest BCUT2D eigenvalue weighted by Crippen LogP contribution is -2.49. The van der Waals surface area contributed by atoms with E-state index in [1.807, 2.05) is 35.2 Å². The van der Waals surface area contributed by atoms with E-state index in [-0.39, 0.29) is 35.2 Å². The lowest BCUT2D eigenvalue weighted by Gasteiger charge is -2.38. The zero-order chi connectivity index (χ0) is 22.8. The molecule has 3 heterocycles. The van der Waals surface area contributed by atoms with Crippen LogP contribution in [0.2, 0.25) is 0 Å². The van der Waals surface area contributed by atoms with E-state index in [9.17, 15) is 13.2 Å². The number of hydrogen-bond donors (Lipinski definition) is 0. The molecule has 0 N–H and O–H groups in total. The lowest BCUT2D eigenvalue weighted by molar-refractivity contribution is -0.133. The van der Waals surface area contributed by atoms with Gasteiger partial charge < -0.3 is 4.90 Å². The van der Waals surface area contributed by atoms with Gasteiger partial charge in [-0.3, -0.25) is 4.79 Å². The molecule has 10 heteroatoms. The van der Waals surface area contributed by atoms with Crippen molar-refractivity contribution in [2.24, 2.45) is 0 Å². The summed E-state index contributed by atoms with van der Waals surface area (Å²) in [5, 5.41) is 5.98. The number of carbonyl (C=O) groups excluding carboxylic acids is 1. The molecule has 1 amide bonds. The molecule has 0 unspecified atom stereocenters. The summed E-state index contributed by atoms with van der Waals surface area (Å²) >= 11 is 1.37. The van der Waals surface area contributed by atoms with Crippen LogP contribution in [0.3, 0.4) is 0 Å². The third kappa shape index (κ3) is 4.77. The van der Waals surface area contributed by atoms with E-state index in [2.05, 4.69) is 15.1 Å². The van der Waals surface area contributed by atoms with Crippen LogP contribution in [0, 0.1) is 0 Å². The Morgan fingerprint density at radius 1 is 1.06 bits per heavy atom. The molecule has 2 aromatic heterocycles. The van der Waals surface area contributed by atoms with Gasteiger partial charge in [-0.25, -0.2) is 23.1 Å². The van der Waals surface area contributed by atoms with E-state index in [0.29, 0.717) is 17.1 Å². The Kier molecular flexibility index (Phi) is 6.38. The fourth-order valence-corrected chi connectivity index (χ4v) is 7.50. The average molecular weight is 486 g/mol. The molecule has 174 valence electrons. The minimum Gasteiger partial charge on any atom is -0.335 e. The van der Waals surface area contributed by atoms with Gasteiger partial charge in [0.05, 0.1) is 34.5 Å². The molecule has 5 rings (SSSR count). The normalized spacial score (nSPS) is 20.8. The Morgan fingerprint density at radius 3 is 2.58 bits per heavy atom. The molecule has 1 atom stereocenters. The second-order valence-corrected chi connectivity index (χ2v) is 11.9. The highest BCUT2D eigenvalue weighted by Crippen LogP contribution is 2.31. The molecular formula is C23H27N5O3S2. The average Bonchev–Trinajstić information content (AvgIpc) is 3.42. The van der Waals surface area contributed by atoms with Crippen LogP contribution in [-0.4, -0.2) is 68.3 Å². The number of amides is 1. The highest BCUT2D eigenvalue weighted by atomic mass is 32.2. The first kappa shape index (κ1) is 22.3. The smallest absolute Gasteiger partial charge is 0.233 e. The van der Waals surface area contributed by atoms with Gasteiger partial charge in [0.1, 0.15) is 11.4 Å². The van der Waals surface area contributed by atoms with E-state index in [4.69, 9.17) is 0 Å². The van der Waals surface area contributed by atoms with E-state index >= 15 is 0 Å². The molecule has 2 fully saturated rings. The molecular weight excluding hydrogens is 458 g/mol. The van der Waals surface area contributed by atoms with Crippen molar-refractivity contribution in [3.05, 3.63) is 42.9 Å². The second kappa shape index (κ2) is 9.42. The number of carbonyl (C=O) groups is 1. The number of rotatable bonds is 6. The standard InChI is InChI=1S/C23H27N5O3S2/c29-21(27(17-7-3-1-4-8-17)19-11-12-33(30,31)15-19)14-32-23-20-13-26-28(22(20)24-16-25-23)18-9-5-2-6-10-18/h2,5-6,9-10,13,16-17,19H,1,3-4,7-8,11-12,14-15H2/t19-/m0/s1. The number of thioether (sulfide) groups is 1. The maximum absolute atomic E-state index is 13.4. The van der Waals surface area contributed by atoms with Crippen molar-refractivity contribution in [2.45, 2.75) is 55.6 Å². The highest BCUT2D eigenvalue weighted by molar-refractivity contribution is 8.00. The summed E-state index contributed by atoms with van der Waals surface area (Å²) < 4.78 is 26.0. The number of sulfone groups is 1. The van der Waals surface area contributed by atoms with Crippen LogP contribution in [0.25, 0.3) is 16.7 Å². The van der Waals surface area contributed by atoms with E-state index < -0.39 is 9.84 Å². The molecule has 1 aliphatic heterocycles. The molecule has 0 spiro atoms. The fourth-order valence-electron chi connectivity index (χ4n) is 4.96. The van der Waals surface area contributed by atoms with Crippen LogP contribution in [0.15, 0.2) is 47.9 Å². The van der Waals surface area contributed by atoms with Gasteiger partial charge in [-0.2, -0.15) is 5.10 Å². The largest absolute Gasteiger partial charge is 0.335 e. The monoisotopic (exact) mass is 485 g/mol. The minimum absolute atomic E-state index is 0.00351. The van der Waals surface area contributed by atoms with Crippen molar-refractivity contribution in [3.8, 4) is 5.69 Å². The fraction of sp³-hybridized carbons (Fsp3) is 0.478. The zero-order valence-electron chi connectivity index (χ0n) is 18.3. The first-order valence-corrected chi connectivity index (χ1v) is 14.2. The Morgan fingerprint density at radius 2 is 1.85 bits per heavy atom. The molecule has 2 aliphatic rings. The first-order valence-electron chi connectivity index (χ1n) is 11.4. The maximum atomic E-state index is 13.4. The van der Waals surface area contributed by atoms with E-state index in [1.165, 1.54) is 24.5 Å². The van der Waals surface area contributed by atoms with E-state index in [0.717, 1.165) is 36.8 Å². The quantitative estimate of drug-likeness (QED) is 0.390. The Hall–Kier alpha value is -2.46. The predicted octanol–water partition coefficient (Wildman–Crippen LogP) is 3.26. The second-order valence-electron chi connectivity index (χ2n) is 8.75. The molecule has 1 aromatic carbocycles. The van der Waals surface area contributed by atoms with Gasteiger partial charge >= 0.3 is 0 Å². The number of hydrogen-bond acceptors (Lipinski definition) is 7. The number of fused-ring (bicyclic) bond motifs is 1. The molecule has 0 bridgehead atoms. The van der Waals surface area contributed by atoms with Gasteiger partial charge in [0.15, 0.2) is 15.5 Å². The number of aromatic nitrogens is 4. The van der Waals surface area contributed by atoms with Crippen molar-refractivity contribution in [2.75, 3.05) is 17.3 Å². The third-order valence-electron chi connectivity index (χ3n) is 6.52. The number of para-hydroxylation sites is 1. The van der Waals surface area contributed by atoms with Gasteiger partial charge in [0, 0.05) is 12.1 Å². The molecule has 1 saturated carbocycles. The summed E-state index contributed by atoms with van der Waals surface area (Å²) in [7, 11) is -3.06. The van der Waals surface area contributed by atoms with Crippen LogP contribution in [0.1, 0.15) is 38.5 Å². The van der Waals surface area contributed by atoms with Crippen LogP contribution >= 0.6 is 11.8 Å². The Balaban J connectivity index is 1.36. The topological polar surface area (TPSA) is 98.1 Å². The van der Waals surface area contributed by atoms with Gasteiger partial charge in [-0.15, -0.1) is 0 Å². The zero-order valence-corrected chi connectivity index (χ0v) is 20.0. The first-order chi connectivity index (χ1) is 16.0. The lowest BCUT2D eigenvalue weighted by atomic mass is 9.93. The maximum Gasteiger partial charge on any atom is 0.233 e. The van der Waals surface area contributed by atoms with Crippen molar-refractivity contribution < 1.29 is 13.2 Å². The summed E-state index contributed by atoms with van der Waals surface area (Å²) in [6.07, 6.45) is 9.04. The number of benzene rings is 1. The highest BCUT2D eigenvalue weighted by Gasteiger charge is 2.38. The minimum atomic E-state index is -3.06. The van der Waals surface area contributed by atoms with E-state index in [1.54, 1.807) is 10.9 Å². The molecule has 33 heavy (non-hydrogen) atoms. The van der Waals surface area contributed by atoms with Crippen LogP contribution in [0.4, 0.5) is 0 Å².